The molecule has 0 aromatic carbocycles. The average molecular weight is 253 g/mol. The summed E-state index contributed by atoms with van der Waals surface area (Å²) >= 11 is 5.84. The molecule has 1 saturated heterocycles. The molecule has 0 N–H and O–H groups in total. The predicted octanol–water partition coefficient (Wildman–Crippen LogP) is 2.27. The van der Waals surface area contributed by atoms with Crippen LogP contribution in [-0.2, 0) is 4.74 Å². The minimum absolute atomic E-state index is 0.0781. The number of rotatable bonds is 2. The number of halogens is 1. The van der Waals surface area contributed by atoms with Crippen LogP contribution >= 0.6 is 11.6 Å². The lowest BCUT2D eigenvalue weighted by molar-refractivity contribution is 0.0553. The number of alkyl halides is 1. The van der Waals surface area contributed by atoms with Crippen LogP contribution < -0.4 is 4.90 Å². The summed E-state index contributed by atoms with van der Waals surface area (Å²) in [4.78, 5) is 6.64. The fraction of sp³-hybridized carbons (Fsp3) is 0.417. The molecule has 3 rings (SSSR count). The summed E-state index contributed by atoms with van der Waals surface area (Å²) in [6.45, 7) is 2.30. The zero-order valence-electron chi connectivity index (χ0n) is 9.30. The third-order valence-corrected chi connectivity index (χ3v) is 3.31. The second-order valence-electron chi connectivity index (χ2n) is 4.06. The fourth-order valence-corrected chi connectivity index (χ4v) is 2.32. The first kappa shape index (κ1) is 10.9. The minimum atomic E-state index is 0.0781. The van der Waals surface area contributed by atoms with Gasteiger partial charge in [0.15, 0.2) is 0 Å². The summed E-state index contributed by atoms with van der Waals surface area (Å²) in [6, 6.07) is 3.82. The van der Waals surface area contributed by atoms with Crippen molar-refractivity contribution in [2.24, 2.45) is 0 Å². The SMILES string of the molecule is ClCC1CN(c2nccc3occc23)CCO1. The Morgan fingerprint density at radius 1 is 1.47 bits per heavy atom. The number of anilines is 1. The molecule has 3 heterocycles. The van der Waals surface area contributed by atoms with E-state index in [9.17, 15) is 0 Å². The summed E-state index contributed by atoms with van der Waals surface area (Å²) in [7, 11) is 0. The first-order valence-electron chi connectivity index (χ1n) is 5.63. The number of morpholine rings is 1. The summed E-state index contributed by atoms with van der Waals surface area (Å²) in [5.74, 6) is 1.47. The lowest BCUT2D eigenvalue weighted by Gasteiger charge is -2.33. The molecule has 17 heavy (non-hydrogen) atoms. The van der Waals surface area contributed by atoms with Crippen molar-refractivity contribution in [1.29, 1.82) is 0 Å². The van der Waals surface area contributed by atoms with E-state index < -0.39 is 0 Å². The molecule has 0 aliphatic carbocycles. The van der Waals surface area contributed by atoms with E-state index in [0.29, 0.717) is 12.5 Å². The maximum absolute atomic E-state index is 5.84. The van der Waals surface area contributed by atoms with Crippen LogP contribution in [-0.4, -0.2) is 36.7 Å². The molecule has 2 aromatic rings. The first-order valence-corrected chi connectivity index (χ1v) is 6.16. The molecule has 1 aliphatic rings. The van der Waals surface area contributed by atoms with E-state index in [4.69, 9.17) is 20.8 Å². The molecule has 1 aliphatic heterocycles. The largest absolute Gasteiger partial charge is 0.464 e. The number of nitrogens with zero attached hydrogens (tertiary/aromatic N) is 2. The molecular weight excluding hydrogens is 240 g/mol. The van der Waals surface area contributed by atoms with E-state index in [1.165, 1.54) is 0 Å². The van der Waals surface area contributed by atoms with Gasteiger partial charge in [-0.25, -0.2) is 4.98 Å². The van der Waals surface area contributed by atoms with Gasteiger partial charge in [-0.05, 0) is 12.1 Å². The van der Waals surface area contributed by atoms with Gasteiger partial charge < -0.3 is 14.1 Å². The Morgan fingerprint density at radius 3 is 3.29 bits per heavy atom. The Kier molecular flexibility index (Phi) is 2.91. The van der Waals surface area contributed by atoms with E-state index in [0.717, 1.165) is 29.9 Å². The molecule has 0 saturated carbocycles. The maximum atomic E-state index is 5.84. The molecule has 1 atom stereocenters. The Hall–Kier alpha value is -1.26. The van der Waals surface area contributed by atoms with Crippen LogP contribution in [0, 0.1) is 0 Å². The van der Waals surface area contributed by atoms with Gasteiger partial charge in [-0.1, -0.05) is 0 Å². The van der Waals surface area contributed by atoms with Crippen LogP contribution in [0.25, 0.3) is 11.0 Å². The first-order chi connectivity index (χ1) is 8.38. The molecular formula is C12H13ClN2O2. The van der Waals surface area contributed by atoms with Crippen LogP contribution in [0.4, 0.5) is 5.82 Å². The zero-order chi connectivity index (χ0) is 11.7. The van der Waals surface area contributed by atoms with E-state index in [-0.39, 0.29) is 6.10 Å². The number of pyridine rings is 1. The van der Waals surface area contributed by atoms with Gasteiger partial charge in [0.2, 0.25) is 0 Å². The van der Waals surface area contributed by atoms with Crippen molar-refractivity contribution in [3.05, 3.63) is 24.6 Å². The highest BCUT2D eigenvalue weighted by Crippen LogP contribution is 2.26. The molecule has 4 nitrogen and oxygen atoms in total. The van der Waals surface area contributed by atoms with Crippen molar-refractivity contribution in [3.8, 4) is 0 Å². The number of fused-ring (bicyclic) bond motifs is 1. The molecule has 0 spiro atoms. The van der Waals surface area contributed by atoms with Crippen LogP contribution in [0.5, 0.6) is 0 Å². The molecule has 2 aromatic heterocycles. The summed E-state index contributed by atoms with van der Waals surface area (Å²) in [5, 5.41) is 1.04. The second-order valence-corrected chi connectivity index (χ2v) is 4.37. The third-order valence-electron chi connectivity index (χ3n) is 2.97. The van der Waals surface area contributed by atoms with E-state index in [2.05, 4.69) is 9.88 Å². The zero-order valence-corrected chi connectivity index (χ0v) is 10.1. The Balaban J connectivity index is 1.94. The van der Waals surface area contributed by atoms with Crippen LogP contribution in [0.1, 0.15) is 0 Å². The molecule has 90 valence electrons. The lowest BCUT2D eigenvalue weighted by Crippen LogP contribution is -2.43. The van der Waals surface area contributed by atoms with Crippen molar-refractivity contribution < 1.29 is 9.15 Å². The predicted molar refractivity (Wildman–Crippen MR) is 66.7 cm³/mol. The van der Waals surface area contributed by atoms with Crippen molar-refractivity contribution >= 4 is 28.4 Å². The van der Waals surface area contributed by atoms with Crippen molar-refractivity contribution in [2.75, 3.05) is 30.5 Å². The van der Waals surface area contributed by atoms with Crippen molar-refractivity contribution in [1.82, 2.24) is 4.98 Å². The number of hydrogen-bond donors (Lipinski definition) is 0. The molecule has 1 unspecified atom stereocenters. The Bertz CT molecular complexity index is 514. The Morgan fingerprint density at radius 2 is 2.41 bits per heavy atom. The van der Waals surface area contributed by atoms with Crippen molar-refractivity contribution in [2.45, 2.75) is 6.10 Å². The van der Waals surface area contributed by atoms with Gasteiger partial charge in [0.25, 0.3) is 0 Å². The Labute approximate surface area is 104 Å². The van der Waals surface area contributed by atoms with Gasteiger partial charge in [0, 0.05) is 19.3 Å². The standard InChI is InChI=1S/C12H13ClN2O2/c13-7-9-8-15(4-6-16-9)12-10-2-5-17-11(10)1-3-14-12/h1-3,5,9H,4,6-8H2. The summed E-state index contributed by atoms with van der Waals surface area (Å²) in [6.07, 6.45) is 3.54. The fourth-order valence-electron chi connectivity index (χ4n) is 2.14. The van der Waals surface area contributed by atoms with E-state index >= 15 is 0 Å². The summed E-state index contributed by atoms with van der Waals surface area (Å²) in [5.41, 5.74) is 0.865. The van der Waals surface area contributed by atoms with Gasteiger partial charge in [0.1, 0.15) is 11.4 Å². The van der Waals surface area contributed by atoms with Gasteiger partial charge in [-0.15, -0.1) is 11.6 Å². The van der Waals surface area contributed by atoms with Gasteiger partial charge in [0.05, 0.1) is 30.2 Å². The molecule has 0 amide bonds. The number of aromatic nitrogens is 1. The van der Waals surface area contributed by atoms with Crippen LogP contribution in [0.3, 0.4) is 0 Å². The molecule has 5 heteroatoms. The van der Waals surface area contributed by atoms with Crippen molar-refractivity contribution in [3.63, 3.8) is 0 Å². The minimum Gasteiger partial charge on any atom is -0.464 e. The lowest BCUT2D eigenvalue weighted by atomic mass is 10.2. The number of ether oxygens (including phenoxy) is 1. The van der Waals surface area contributed by atoms with E-state index in [1.54, 1.807) is 12.5 Å². The van der Waals surface area contributed by atoms with Gasteiger partial charge >= 0.3 is 0 Å². The quantitative estimate of drug-likeness (QED) is 0.769. The third kappa shape index (κ3) is 1.98. The second kappa shape index (κ2) is 4.55. The smallest absolute Gasteiger partial charge is 0.139 e. The highest BCUT2D eigenvalue weighted by atomic mass is 35.5. The highest BCUT2D eigenvalue weighted by molar-refractivity contribution is 6.18. The highest BCUT2D eigenvalue weighted by Gasteiger charge is 2.22. The maximum Gasteiger partial charge on any atom is 0.139 e. The summed E-state index contributed by atoms with van der Waals surface area (Å²) < 4.78 is 10.9. The number of hydrogen-bond acceptors (Lipinski definition) is 4. The van der Waals surface area contributed by atoms with Crippen LogP contribution in [0.2, 0.25) is 0 Å². The van der Waals surface area contributed by atoms with Gasteiger partial charge in [-0.3, -0.25) is 0 Å². The molecule has 1 fully saturated rings. The number of furan rings is 1. The topological polar surface area (TPSA) is 38.5 Å². The molecule has 0 bridgehead atoms. The normalized spacial score (nSPS) is 21.0. The molecule has 0 radical (unpaired) electrons. The van der Waals surface area contributed by atoms with Gasteiger partial charge in [-0.2, -0.15) is 0 Å². The average Bonchev–Trinajstić information content (AvgIpc) is 2.87. The van der Waals surface area contributed by atoms with E-state index in [1.807, 2.05) is 12.1 Å². The van der Waals surface area contributed by atoms with Crippen LogP contribution in [0.15, 0.2) is 29.0 Å². The monoisotopic (exact) mass is 252 g/mol.